The minimum absolute atomic E-state index is 0.169. The van der Waals surface area contributed by atoms with Crippen LogP contribution in [0.15, 0.2) is 36.4 Å². The Morgan fingerprint density at radius 1 is 1.05 bits per heavy atom. The first kappa shape index (κ1) is 13.6. The highest BCUT2D eigenvalue weighted by molar-refractivity contribution is 7.07. The van der Waals surface area contributed by atoms with Gasteiger partial charge in [0.25, 0.3) is 11.0 Å². The van der Waals surface area contributed by atoms with Gasteiger partial charge in [0.1, 0.15) is 5.75 Å². The Morgan fingerprint density at radius 2 is 1.76 bits per heavy atom. The quantitative estimate of drug-likeness (QED) is 0.724. The van der Waals surface area contributed by atoms with Crippen molar-refractivity contribution in [1.29, 1.82) is 0 Å². The minimum Gasteiger partial charge on any atom is -0.429 e. The van der Waals surface area contributed by atoms with Gasteiger partial charge in [-0.25, -0.2) is 0 Å². The van der Waals surface area contributed by atoms with E-state index in [1.54, 1.807) is 30.3 Å². The van der Waals surface area contributed by atoms with E-state index in [1.165, 1.54) is 0 Å². The number of rotatable bonds is 2. The Balaban J connectivity index is 1.99. The standard InChI is InChI=1S/C13H8F3N3OS/c14-13(15,16)11-18-12(21-19-11)20-10-6-5-9(17)7-3-1-2-4-8(7)10/h1-6H,17H2. The molecule has 1 aromatic heterocycles. The molecule has 0 spiro atoms. The van der Waals surface area contributed by atoms with Gasteiger partial charge in [-0.15, -0.1) is 0 Å². The molecule has 108 valence electrons. The molecule has 0 bridgehead atoms. The summed E-state index contributed by atoms with van der Waals surface area (Å²) < 4.78 is 46.0. The third kappa shape index (κ3) is 2.62. The van der Waals surface area contributed by atoms with Gasteiger partial charge in [0.15, 0.2) is 0 Å². The number of nitrogens with zero attached hydrogens (tertiary/aromatic N) is 2. The highest BCUT2D eigenvalue weighted by Crippen LogP contribution is 2.35. The van der Waals surface area contributed by atoms with E-state index in [0.717, 1.165) is 5.39 Å². The summed E-state index contributed by atoms with van der Waals surface area (Å²) in [4.78, 5) is 3.33. The summed E-state index contributed by atoms with van der Waals surface area (Å²) in [6.07, 6.45) is -4.58. The van der Waals surface area contributed by atoms with Crippen molar-refractivity contribution in [3.63, 3.8) is 0 Å². The molecule has 0 amide bonds. The van der Waals surface area contributed by atoms with Crippen LogP contribution < -0.4 is 10.5 Å². The zero-order valence-corrected chi connectivity index (χ0v) is 11.2. The van der Waals surface area contributed by atoms with E-state index in [4.69, 9.17) is 10.5 Å². The lowest BCUT2D eigenvalue weighted by Gasteiger charge is -2.07. The second kappa shape index (κ2) is 4.88. The number of benzene rings is 2. The van der Waals surface area contributed by atoms with Crippen molar-refractivity contribution in [3.05, 3.63) is 42.2 Å². The largest absolute Gasteiger partial charge is 0.452 e. The number of alkyl halides is 3. The molecule has 0 aliphatic carbocycles. The van der Waals surface area contributed by atoms with E-state index in [-0.39, 0.29) is 5.19 Å². The molecule has 1 heterocycles. The summed E-state index contributed by atoms with van der Waals surface area (Å²) >= 11 is 0.549. The van der Waals surface area contributed by atoms with Gasteiger partial charge in [0, 0.05) is 28.0 Å². The van der Waals surface area contributed by atoms with Crippen molar-refractivity contribution in [3.8, 4) is 10.9 Å². The molecule has 2 aromatic carbocycles. The van der Waals surface area contributed by atoms with Crippen LogP contribution in [0, 0.1) is 0 Å². The highest BCUT2D eigenvalue weighted by Gasteiger charge is 2.36. The molecule has 3 aromatic rings. The summed E-state index contributed by atoms with van der Waals surface area (Å²) in [6.45, 7) is 0. The summed E-state index contributed by atoms with van der Waals surface area (Å²) in [5.41, 5.74) is 6.41. The second-order valence-electron chi connectivity index (χ2n) is 4.18. The fourth-order valence-electron chi connectivity index (χ4n) is 1.84. The average Bonchev–Trinajstić information content (AvgIpc) is 2.91. The molecule has 0 saturated heterocycles. The average molecular weight is 311 g/mol. The number of nitrogens with two attached hydrogens (primary N) is 1. The first-order chi connectivity index (χ1) is 9.95. The molecule has 4 nitrogen and oxygen atoms in total. The van der Waals surface area contributed by atoms with E-state index in [2.05, 4.69) is 9.36 Å². The molecule has 0 aliphatic heterocycles. The summed E-state index contributed by atoms with van der Waals surface area (Å²) in [5.74, 6) is -0.827. The molecule has 0 radical (unpaired) electrons. The Morgan fingerprint density at radius 3 is 2.43 bits per heavy atom. The van der Waals surface area contributed by atoms with Crippen LogP contribution in [-0.2, 0) is 6.18 Å². The third-order valence-electron chi connectivity index (χ3n) is 2.78. The molecule has 3 rings (SSSR count). The van der Waals surface area contributed by atoms with E-state index in [1.807, 2.05) is 6.07 Å². The summed E-state index contributed by atoms with van der Waals surface area (Å²) in [5, 5.41) is 1.29. The predicted molar refractivity (Wildman–Crippen MR) is 73.3 cm³/mol. The van der Waals surface area contributed by atoms with Crippen molar-refractivity contribution in [2.24, 2.45) is 0 Å². The lowest BCUT2D eigenvalue weighted by atomic mass is 10.1. The number of ether oxygens (including phenoxy) is 1. The zero-order valence-electron chi connectivity index (χ0n) is 10.4. The number of fused-ring (bicyclic) bond motifs is 1. The van der Waals surface area contributed by atoms with Crippen LogP contribution >= 0.6 is 11.5 Å². The van der Waals surface area contributed by atoms with Crippen molar-refractivity contribution in [2.45, 2.75) is 6.18 Å². The van der Waals surface area contributed by atoms with Crippen molar-refractivity contribution in [2.75, 3.05) is 5.73 Å². The van der Waals surface area contributed by atoms with E-state index >= 15 is 0 Å². The first-order valence-electron chi connectivity index (χ1n) is 5.81. The number of hydrogen-bond acceptors (Lipinski definition) is 5. The summed E-state index contributed by atoms with van der Waals surface area (Å²) in [6, 6.07) is 10.4. The molecular formula is C13H8F3N3OS. The van der Waals surface area contributed by atoms with Gasteiger partial charge in [0.05, 0.1) is 0 Å². The molecule has 2 N–H and O–H groups in total. The lowest BCUT2D eigenvalue weighted by molar-refractivity contribution is -0.144. The Labute approximate surface area is 121 Å². The minimum atomic E-state index is -4.58. The molecule has 8 heteroatoms. The lowest BCUT2D eigenvalue weighted by Crippen LogP contribution is -2.06. The van der Waals surface area contributed by atoms with E-state index in [9.17, 15) is 13.2 Å². The number of halogens is 3. The maximum absolute atomic E-state index is 12.5. The molecule has 0 aliphatic rings. The van der Waals surface area contributed by atoms with Crippen LogP contribution in [0.1, 0.15) is 5.82 Å². The number of anilines is 1. The van der Waals surface area contributed by atoms with Crippen LogP contribution in [0.5, 0.6) is 10.9 Å². The van der Waals surface area contributed by atoms with Crippen LogP contribution in [0.3, 0.4) is 0 Å². The Hall–Kier alpha value is -2.35. The van der Waals surface area contributed by atoms with E-state index in [0.29, 0.717) is 28.4 Å². The fraction of sp³-hybridized carbons (Fsp3) is 0.0769. The number of nitrogen functional groups attached to an aromatic ring is 1. The van der Waals surface area contributed by atoms with Gasteiger partial charge in [0.2, 0.25) is 0 Å². The van der Waals surface area contributed by atoms with Crippen LogP contribution in [0.2, 0.25) is 0 Å². The Bertz CT molecular complexity index is 801. The predicted octanol–water partition coefficient (Wildman–Crippen LogP) is 4.08. The van der Waals surface area contributed by atoms with Gasteiger partial charge < -0.3 is 10.5 Å². The van der Waals surface area contributed by atoms with Gasteiger partial charge in [-0.1, -0.05) is 24.3 Å². The summed E-state index contributed by atoms with van der Waals surface area (Å²) in [7, 11) is 0. The first-order valence-corrected chi connectivity index (χ1v) is 6.58. The van der Waals surface area contributed by atoms with Crippen LogP contribution in [-0.4, -0.2) is 9.36 Å². The monoisotopic (exact) mass is 311 g/mol. The maximum Gasteiger partial charge on any atom is 0.452 e. The number of aromatic nitrogens is 2. The van der Waals surface area contributed by atoms with E-state index < -0.39 is 12.0 Å². The Kier molecular flexibility index (Phi) is 3.17. The zero-order chi connectivity index (χ0) is 15.0. The SMILES string of the molecule is Nc1ccc(Oc2nc(C(F)(F)F)ns2)c2ccccc12. The molecule has 0 atom stereocenters. The molecule has 0 saturated carbocycles. The van der Waals surface area contributed by atoms with Gasteiger partial charge in [-0.3, -0.25) is 0 Å². The van der Waals surface area contributed by atoms with Gasteiger partial charge >= 0.3 is 6.18 Å². The van der Waals surface area contributed by atoms with Gasteiger partial charge in [-0.05, 0) is 12.1 Å². The molecular weight excluding hydrogens is 303 g/mol. The smallest absolute Gasteiger partial charge is 0.429 e. The molecule has 0 fully saturated rings. The maximum atomic E-state index is 12.5. The van der Waals surface area contributed by atoms with Crippen LogP contribution in [0.25, 0.3) is 10.8 Å². The normalized spacial score (nSPS) is 11.8. The fourth-order valence-corrected chi connectivity index (χ4v) is 2.41. The van der Waals surface area contributed by atoms with Crippen LogP contribution in [0.4, 0.5) is 18.9 Å². The van der Waals surface area contributed by atoms with Crippen molar-refractivity contribution in [1.82, 2.24) is 9.36 Å². The van der Waals surface area contributed by atoms with Crippen molar-refractivity contribution >= 4 is 28.0 Å². The number of hydrogen-bond donors (Lipinski definition) is 1. The molecule has 21 heavy (non-hydrogen) atoms. The van der Waals surface area contributed by atoms with Crippen molar-refractivity contribution < 1.29 is 17.9 Å². The molecule has 0 unspecified atom stereocenters. The highest BCUT2D eigenvalue weighted by atomic mass is 32.1. The van der Waals surface area contributed by atoms with Gasteiger partial charge in [-0.2, -0.15) is 22.5 Å². The third-order valence-corrected chi connectivity index (χ3v) is 3.37. The second-order valence-corrected chi connectivity index (χ2v) is 4.90. The topological polar surface area (TPSA) is 61.0 Å².